The number of anilines is 2. The van der Waals surface area contributed by atoms with Gasteiger partial charge in [0, 0.05) is 15.1 Å². The number of nitriles is 1. The van der Waals surface area contributed by atoms with E-state index in [0.29, 0.717) is 16.3 Å². The predicted octanol–water partition coefficient (Wildman–Crippen LogP) is 3.70. The van der Waals surface area contributed by atoms with Gasteiger partial charge in [-0.3, -0.25) is 4.79 Å². The summed E-state index contributed by atoms with van der Waals surface area (Å²) in [4.78, 5) is 12.7. The van der Waals surface area contributed by atoms with Gasteiger partial charge in [-0.1, -0.05) is 15.9 Å². The summed E-state index contributed by atoms with van der Waals surface area (Å²) in [5.41, 5.74) is 6.96. The summed E-state index contributed by atoms with van der Waals surface area (Å²) in [6, 6.07) is 9.23. The molecule has 2 aromatic rings. The first-order chi connectivity index (χ1) is 9.60. The number of carbonyl (C=O) groups excluding carboxylic acids is 1. The molecule has 0 saturated heterocycles. The number of nitrogens with two attached hydrogens (primary N) is 1. The van der Waals surface area contributed by atoms with Gasteiger partial charge in [-0.05, 0) is 29.6 Å². The third kappa shape index (κ3) is 3.76. The van der Waals surface area contributed by atoms with Crippen molar-refractivity contribution in [2.75, 3.05) is 16.8 Å². The monoisotopic (exact) mass is 367 g/mol. The molecule has 0 fully saturated rings. The Hall–Kier alpha value is -1.49. The maximum Gasteiger partial charge on any atom is 0.235 e. The topological polar surface area (TPSA) is 78.9 Å². The average Bonchev–Trinajstić information content (AvgIpc) is 2.87. The Morgan fingerprint density at radius 1 is 1.50 bits per heavy atom. The van der Waals surface area contributed by atoms with E-state index in [1.807, 2.05) is 18.2 Å². The van der Waals surface area contributed by atoms with Crippen molar-refractivity contribution in [3.63, 3.8) is 0 Å². The number of benzene rings is 1. The van der Waals surface area contributed by atoms with E-state index in [2.05, 4.69) is 21.2 Å². The zero-order valence-corrected chi connectivity index (χ0v) is 13.4. The quantitative estimate of drug-likeness (QED) is 0.637. The minimum atomic E-state index is -0.159. The van der Waals surface area contributed by atoms with E-state index < -0.39 is 0 Å². The lowest BCUT2D eigenvalue weighted by molar-refractivity contribution is -0.113. The van der Waals surface area contributed by atoms with Crippen LogP contribution in [0.1, 0.15) is 5.56 Å². The van der Waals surface area contributed by atoms with Gasteiger partial charge in [0.05, 0.1) is 11.3 Å². The smallest absolute Gasteiger partial charge is 0.235 e. The van der Waals surface area contributed by atoms with E-state index in [0.717, 1.165) is 9.37 Å². The van der Waals surface area contributed by atoms with Crippen LogP contribution in [0.5, 0.6) is 0 Å². The Morgan fingerprint density at radius 2 is 2.30 bits per heavy atom. The molecule has 1 heterocycles. The van der Waals surface area contributed by atoms with Gasteiger partial charge in [-0.15, -0.1) is 23.1 Å². The summed E-state index contributed by atoms with van der Waals surface area (Å²) < 4.78 is 0.916. The van der Waals surface area contributed by atoms with Crippen LogP contribution in [0.25, 0.3) is 0 Å². The van der Waals surface area contributed by atoms with Crippen molar-refractivity contribution in [3.8, 4) is 6.07 Å². The van der Waals surface area contributed by atoms with Gasteiger partial charge in [-0.25, -0.2) is 0 Å². The second-order valence-corrected chi connectivity index (χ2v) is 6.64. The third-order valence-electron chi connectivity index (χ3n) is 2.37. The highest BCUT2D eigenvalue weighted by Crippen LogP contribution is 2.29. The molecule has 0 bridgehead atoms. The Kier molecular flexibility index (Phi) is 5.06. The molecule has 1 amide bonds. The molecule has 1 aromatic carbocycles. The molecule has 102 valence electrons. The molecule has 0 saturated carbocycles. The molecule has 7 heteroatoms. The van der Waals surface area contributed by atoms with Gasteiger partial charge in [0.2, 0.25) is 5.91 Å². The van der Waals surface area contributed by atoms with Crippen LogP contribution in [0.3, 0.4) is 0 Å². The second-order valence-electron chi connectivity index (χ2n) is 3.79. The first-order valence-corrected chi connectivity index (χ1v) is 8.21. The van der Waals surface area contributed by atoms with Crippen LogP contribution in [-0.4, -0.2) is 11.7 Å². The Balaban J connectivity index is 1.96. The van der Waals surface area contributed by atoms with Gasteiger partial charge >= 0.3 is 0 Å². The van der Waals surface area contributed by atoms with Crippen LogP contribution in [0.15, 0.2) is 39.0 Å². The van der Waals surface area contributed by atoms with E-state index in [1.165, 1.54) is 23.1 Å². The van der Waals surface area contributed by atoms with Gasteiger partial charge in [-0.2, -0.15) is 5.26 Å². The first-order valence-electron chi connectivity index (χ1n) is 5.55. The van der Waals surface area contributed by atoms with Gasteiger partial charge in [0.25, 0.3) is 0 Å². The number of carbonyl (C=O) groups is 1. The van der Waals surface area contributed by atoms with E-state index >= 15 is 0 Å². The molecule has 1 aromatic heterocycles. The molecule has 0 radical (unpaired) electrons. The summed E-state index contributed by atoms with van der Waals surface area (Å²) >= 11 is 6.06. The van der Waals surface area contributed by atoms with Gasteiger partial charge in [0.15, 0.2) is 0 Å². The van der Waals surface area contributed by atoms with Crippen LogP contribution in [-0.2, 0) is 4.79 Å². The molecular formula is C13H10BrN3OS2. The van der Waals surface area contributed by atoms with E-state index in [9.17, 15) is 4.79 Å². The molecule has 0 aliphatic heterocycles. The standard InChI is InChI=1S/C13H10BrN3OS2/c14-9-1-2-10(16)11(5-9)20-7-12(18)17-13-8(6-15)3-4-19-13/h1-5H,7,16H2,(H,17,18). The number of thioether (sulfide) groups is 1. The number of halogens is 1. The first kappa shape index (κ1) is 14.9. The number of hydrogen-bond acceptors (Lipinski definition) is 5. The molecule has 0 unspecified atom stereocenters. The SMILES string of the molecule is N#Cc1ccsc1NC(=O)CSc1cc(Br)ccc1N. The van der Waals surface area contributed by atoms with Crippen molar-refractivity contribution in [2.24, 2.45) is 0 Å². The molecule has 3 N–H and O–H groups in total. The summed E-state index contributed by atoms with van der Waals surface area (Å²) in [7, 11) is 0. The molecule has 0 atom stereocenters. The lowest BCUT2D eigenvalue weighted by Crippen LogP contribution is -2.13. The zero-order chi connectivity index (χ0) is 14.5. The van der Waals surface area contributed by atoms with Crippen molar-refractivity contribution < 1.29 is 4.79 Å². The van der Waals surface area contributed by atoms with Crippen molar-refractivity contribution in [1.29, 1.82) is 5.26 Å². The Morgan fingerprint density at radius 3 is 3.05 bits per heavy atom. The molecule has 0 aliphatic rings. The average molecular weight is 368 g/mol. The Bertz CT molecular complexity index is 678. The number of hydrogen-bond donors (Lipinski definition) is 2. The van der Waals surface area contributed by atoms with Crippen molar-refractivity contribution in [2.45, 2.75) is 4.90 Å². The van der Waals surface area contributed by atoms with Crippen LogP contribution < -0.4 is 11.1 Å². The zero-order valence-electron chi connectivity index (χ0n) is 10.2. The molecule has 0 spiro atoms. The van der Waals surface area contributed by atoms with Crippen LogP contribution >= 0.6 is 39.0 Å². The Labute approximate surface area is 133 Å². The van der Waals surface area contributed by atoms with Crippen molar-refractivity contribution >= 4 is 55.6 Å². The minimum Gasteiger partial charge on any atom is -0.398 e. The lowest BCUT2D eigenvalue weighted by atomic mass is 10.3. The van der Waals surface area contributed by atoms with E-state index in [4.69, 9.17) is 11.0 Å². The number of thiophene rings is 1. The number of nitrogens with one attached hydrogen (secondary N) is 1. The fraction of sp³-hybridized carbons (Fsp3) is 0.0769. The fourth-order valence-electron chi connectivity index (χ4n) is 1.43. The third-order valence-corrected chi connectivity index (χ3v) is 4.77. The van der Waals surface area contributed by atoms with Crippen LogP contribution in [0.2, 0.25) is 0 Å². The summed E-state index contributed by atoms with van der Waals surface area (Å²) in [5, 5.41) is 14.0. The number of rotatable bonds is 4. The van der Waals surface area contributed by atoms with E-state index in [1.54, 1.807) is 17.5 Å². The molecule has 0 aliphatic carbocycles. The largest absolute Gasteiger partial charge is 0.398 e. The lowest BCUT2D eigenvalue weighted by Gasteiger charge is -2.06. The molecule has 2 rings (SSSR count). The normalized spacial score (nSPS) is 10.0. The maximum absolute atomic E-state index is 11.9. The molecule has 20 heavy (non-hydrogen) atoms. The fourth-order valence-corrected chi connectivity index (χ4v) is 3.50. The minimum absolute atomic E-state index is 0.159. The highest BCUT2D eigenvalue weighted by atomic mass is 79.9. The van der Waals surface area contributed by atoms with Crippen LogP contribution in [0, 0.1) is 11.3 Å². The number of nitrogens with zero attached hydrogens (tertiary/aromatic N) is 1. The van der Waals surface area contributed by atoms with Gasteiger partial charge < -0.3 is 11.1 Å². The summed E-state index contributed by atoms with van der Waals surface area (Å²) in [5.74, 6) is 0.0805. The van der Waals surface area contributed by atoms with E-state index in [-0.39, 0.29) is 11.7 Å². The summed E-state index contributed by atoms with van der Waals surface area (Å²) in [6.45, 7) is 0. The predicted molar refractivity (Wildman–Crippen MR) is 86.9 cm³/mol. The number of nitrogen functional groups attached to an aromatic ring is 1. The maximum atomic E-state index is 11.9. The molecular weight excluding hydrogens is 358 g/mol. The van der Waals surface area contributed by atoms with Crippen molar-refractivity contribution in [3.05, 3.63) is 39.7 Å². The summed E-state index contributed by atoms with van der Waals surface area (Å²) in [6.07, 6.45) is 0. The number of amides is 1. The van der Waals surface area contributed by atoms with Gasteiger partial charge in [0.1, 0.15) is 11.1 Å². The van der Waals surface area contributed by atoms with Crippen LogP contribution in [0.4, 0.5) is 10.7 Å². The van der Waals surface area contributed by atoms with Crippen molar-refractivity contribution in [1.82, 2.24) is 0 Å². The molecule has 4 nitrogen and oxygen atoms in total. The highest BCUT2D eigenvalue weighted by molar-refractivity contribution is 9.10. The second kappa shape index (κ2) is 6.79. The highest BCUT2D eigenvalue weighted by Gasteiger charge is 2.10.